The Morgan fingerprint density at radius 1 is 0.775 bits per heavy atom. The Morgan fingerprint density at radius 3 is 2.40 bits per heavy atom. The van der Waals surface area contributed by atoms with Crippen molar-refractivity contribution in [2.45, 2.75) is 37.8 Å². The number of aromatic nitrogens is 5. The first-order valence-electron chi connectivity index (χ1n) is 13.9. The van der Waals surface area contributed by atoms with Gasteiger partial charge in [-0.25, -0.2) is 23.9 Å². The van der Waals surface area contributed by atoms with Crippen LogP contribution in [0.25, 0.3) is 28.4 Å². The van der Waals surface area contributed by atoms with E-state index in [0.717, 1.165) is 90.9 Å². The average Bonchev–Trinajstić information content (AvgIpc) is 3.65. The van der Waals surface area contributed by atoms with Gasteiger partial charge in [-0.1, -0.05) is 24.3 Å². The van der Waals surface area contributed by atoms with E-state index in [1.165, 1.54) is 6.07 Å². The Kier molecular flexibility index (Phi) is 6.36. The number of anilines is 2. The van der Waals surface area contributed by atoms with Crippen LogP contribution in [0.15, 0.2) is 79.0 Å². The van der Waals surface area contributed by atoms with Gasteiger partial charge < -0.3 is 14.9 Å². The first-order valence-corrected chi connectivity index (χ1v) is 13.9. The zero-order valence-corrected chi connectivity index (χ0v) is 22.1. The molecule has 5 aromatic rings. The molecule has 40 heavy (non-hydrogen) atoms. The molecular weight excluding hydrogens is 505 g/mol. The van der Waals surface area contributed by atoms with Crippen LogP contribution in [-0.2, 0) is 0 Å². The lowest BCUT2D eigenvalue weighted by atomic mass is 10.0. The molecule has 1 atom stereocenters. The lowest BCUT2D eigenvalue weighted by Crippen LogP contribution is -2.36. The van der Waals surface area contributed by atoms with Crippen molar-refractivity contribution in [1.82, 2.24) is 24.6 Å². The zero-order valence-electron chi connectivity index (χ0n) is 22.1. The number of benzene rings is 1. The fourth-order valence-corrected chi connectivity index (χ4v) is 5.85. The van der Waals surface area contributed by atoms with E-state index in [0.29, 0.717) is 0 Å². The molecule has 0 bridgehead atoms. The number of hydrogen-bond acceptors (Lipinski definition) is 7. The van der Waals surface area contributed by atoms with Crippen molar-refractivity contribution in [3.63, 3.8) is 0 Å². The summed E-state index contributed by atoms with van der Waals surface area (Å²) in [5.74, 6) is 1.51. The minimum Gasteiger partial charge on any atom is -0.393 e. The van der Waals surface area contributed by atoms with E-state index in [2.05, 4.69) is 14.8 Å². The van der Waals surface area contributed by atoms with Crippen LogP contribution in [0.3, 0.4) is 0 Å². The third-order valence-corrected chi connectivity index (χ3v) is 7.93. The molecule has 4 aromatic heterocycles. The Balaban J connectivity index is 1.20. The maximum atomic E-state index is 14.0. The Bertz CT molecular complexity index is 1660. The number of piperidine rings is 1. The van der Waals surface area contributed by atoms with Gasteiger partial charge in [0.25, 0.3) is 0 Å². The summed E-state index contributed by atoms with van der Waals surface area (Å²) < 4.78 is 15.8. The number of aliphatic hydroxyl groups is 1. The summed E-state index contributed by atoms with van der Waals surface area (Å²) in [7, 11) is 0. The Morgan fingerprint density at radius 2 is 1.55 bits per heavy atom. The highest BCUT2D eigenvalue weighted by molar-refractivity contribution is 5.65. The molecule has 1 aromatic carbocycles. The van der Waals surface area contributed by atoms with E-state index < -0.39 is 0 Å². The van der Waals surface area contributed by atoms with Crippen molar-refractivity contribution < 1.29 is 9.50 Å². The topological polar surface area (TPSA) is 82.7 Å². The number of nitrogens with zero attached hydrogens (tertiary/aromatic N) is 7. The lowest BCUT2D eigenvalue weighted by molar-refractivity contribution is 0.145. The molecule has 0 saturated carbocycles. The van der Waals surface area contributed by atoms with Crippen LogP contribution in [0.2, 0.25) is 0 Å². The van der Waals surface area contributed by atoms with Gasteiger partial charge in [0.15, 0.2) is 5.65 Å². The summed E-state index contributed by atoms with van der Waals surface area (Å²) in [5, 5.41) is 14.9. The van der Waals surface area contributed by atoms with Crippen LogP contribution in [-0.4, -0.2) is 55.4 Å². The first-order chi connectivity index (χ1) is 19.6. The summed E-state index contributed by atoms with van der Waals surface area (Å²) in [5.41, 5.74) is 4.82. The van der Waals surface area contributed by atoms with Gasteiger partial charge in [0.1, 0.15) is 23.1 Å². The van der Waals surface area contributed by atoms with Crippen molar-refractivity contribution >= 4 is 17.3 Å². The van der Waals surface area contributed by atoms with Gasteiger partial charge in [0.05, 0.1) is 35.4 Å². The van der Waals surface area contributed by atoms with Crippen LogP contribution in [0, 0.1) is 5.82 Å². The Labute approximate surface area is 231 Å². The van der Waals surface area contributed by atoms with Crippen LogP contribution in [0.1, 0.15) is 37.3 Å². The molecule has 1 N–H and O–H groups in total. The third-order valence-electron chi connectivity index (χ3n) is 7.93. The van der Waals surface area contributed by atoms with Gasteiger partial charge in [-0.3, -0.25) is 0 Å². The molecular formula is C31H30FN7O. The molecule has 0 radical (unpaired) electrons. The molecule has 8 nitrogen and oxygen atoms in total. The molecule has 0 spiro atoms. The SMILES string of the molecule is OC1CCN(c2cccc(-c3cccc(-c4cnc5ccc(N6CCCC6c6cccc(F)c6)nn45)n3)n2)CC1. The van der Waals surface area contributed by atoms with Crippen molar-refractivity contribution in [3.8, 4) is 22.8 Å². The Hall–Kier alpha value is -4.37. The highest BCUT2D eigenvalue weighted by Gasteiger charge is 2.28. The van der Waals surface area contributed by atoms with Crippen LogP contribution >= 0.6 is 0 Å². The number of pyridine rings is 2. The zero-order chi connectivity index (χ0) is 27.1. The fourth-order valence-electron chi connectivity index (χ4n) is 5.85. The number of fused-ring (bicyclic) bond motifs is 1. The molecule has 202 valence electrons. The second-order valence-corrected chi connectivity index (χ2v) is 10.5. The standard InChI is InChI=1S/C31H30FN7O/c32-22-6-1-5-21(19-22)27-10-4-16-38(27)31-13-12-29-33-20-28(39(29)36-31)26-9-2-7-24(34-26)25-8-3-11-30(35-25)37-17-14-23(40)15-18-37/h1-3,5-9,11-13,19-20,23,27,40H,4,10,14-18H2. The molecule has 2 aliphatic rings. The number of halogens is 1. The maximum Gasteiger partial charge on any atom is 0.154 e. The van der Waals surface area contributed by atoms with Gasteiger partial charge in [-0.05, 0) is 79.8 Å². The lowest BCUT2D eigenvalue weighted by Gasteiger charge is -2.30. The highest BCUT2D eigenvalue weighted by Crippen LogP contribution is 2.36. The molecule has 0 amide bonds. The normalized spacial score (nSPS) is 18.1. The van der Waals surface area contributed by atoms with Crippen LogP contribution in [0.5, 0.6) is 0 Å². The third kappa shape index (κ3) is 4.66. The molecule has 7 rings (SSSR count). The van der Waals surface area contributed by atoms with E-state index in [9.17, 15) is 9.50 Å². The monoisotopic (exact) mass is 535 g/mol. The summed E-state index contributed by atoms with van der Waals surface area (Å²) in [6.07, 6.45) is 5.05. The molecule has 6 heterocycles. The first kappa shape index (κ1) is 24.7. The summed E-state index contributed by atoms with van der Waals surface area (Å²) in [6.45, 7) is 2.44. The van der Waals surface area contributed by atoms with Gasteiger partial charge in [-0.2, -0.15) is 0 Å². The molecule has 2 saturated heterocycles. The van der Waals surface area contributed by atoms with Crippen molar-refractivity contribution in [2.75, 3.05) is 29.4 Å². The largest absolute Gasteiger partial charge is 0.393 e. The molecule has 1 unspecified atom stereocenters. The predicted octanol–water partition coefficient (Wildman–Crippen LogP) is 5.30. The maximum absolute atomic E-state index is 14.0. The highest BCUT2D eigenvalue weighted by atomic mass is 19.1. The van der Waals surface area contributed by atoms with Crippen molar-refractivity contribution in [1.29, 1.82) is 0 Å². The molecule has 0 aliphatic carbocycles. The summed E-state index contributed by atoms with van der Waals surface area (Å²) >= 11 is 0. The van der Waals surface area contributed by atoms with E-state index in [4.69, 9.17) is 15.1 Å². The molecule has 2 fully saturated rings. The second kappa shape index (κ2) is 10.3. The number of imidazole rings is 1. The smallest absolute Gasteiger partial charge is 0.154 e. The van der Waals surface area contributed by atoms with Crippen LogP contribution < -0.4 is 9.80 Å². The minimum atomic E-state index is -0.227. The van der Waals surface area contributed by atoms with Gasteiger partial charge in [0, 0.05) is 19.6 Å². The van der Waals surface area contributed by atoms with Crippen molar-refractivity contribution in [3.05, 3.63) is 90.4 Å². The number of aliphatic hydroxyl groups excluding tert-OH is 1. The van der Waals surface area contributed by atoms with Gasteiger partial charge in [-0.15, -0.1) is 5.10 Å². The quantitative estimate of drug-likeness (QED) is 0.327. The second-order valence-electron chi connectivity index (χ2n) is 10.5. The average molecular weight is 536 g/mol. The molecule has 2 aliphatic heterocycles. The van der Waals surface area contributed by atoms with Crippen LogP contribution in [0.4, 0.5) is 16.0 Å². The van der Waals surface area contributed by atoms with E-state index in [1.54, 1.807) is 18.3 Å². The fraction of sp³-hybridized carbons (Fsp3) is 0.290. The molecule has 9 heteroatoms. The number of rotatable bonds is 5. The predicted molar refractivity (Wildman–Crippen MR) is 153 cm³/mol. The van der Waals surface area contributed by atoms with E-state index >= 15 is 0 Å². The van der Waals surface area contributed by atoms with Gasteiger partial charge >= 0.3 is 0 Å². The number of hydrogen-bond donors (Lipinski definition) is 1. The minimum absolute atomic E-state index is 0.0793. The van der Waals surface area contributed by atoms with E-state index in [1.807, 2.05) is 59.1 Å². The summed E-state index contributed by atoms with van der Waals surface area (Å²) in [4.78, 5) is 18.9. The van der Waals surface area contributed by atoms with Gasteiger partial charge in [0.2, 0.25) is 0 Å². The van der Waals surface area contributed by atoms with Crippen molar-refractivity contribution in [2.24, 2.45) is 0 Å². The summed E-state index contributed by atoms with van der Waals surface area (Å²) in [6, 6.07) is 22.8. The van der Waals surface area contributed by atoms with E-state index in [-0.39, 0.29) is 18.0 Å².